The highest BCUT2D eigenvalue weighted by Crippen LogP contribution is 2.29. The predicted octanol–water partition coefficient (Wildman–Crippen LogP) is 1.42. The van der Waals surface area contributed by atoms with Gasteiger partial charge < -0.3 is 0 Å². The molecule has 1 amide bonds. The van der Waals surface area contributed by atoms with Crippen LogP contribution in [0.4, 0.5) is 0 Å². The number of ketones is 1. The number of carbonyl (C=O) groups is 2. The van der Waals surface area contributed by atoms with Crippen LogP contribution in [-0.4, -0.2) is 20.1 Å². The molecule has 2 aromatic carbocycles. The van der Waals surface area contributed by atoms with Crippen LogP contribution in [-0.2, 0) is 19.6 Å². The van der Waals surface area contributed by atoms with Crippen molar-refractivity contribution in [3.63, 3.8) is 0 Å². The number of rotatable bonds is 2. The zero-order valence-electron chi connectivity index (χ0n) is 10.8. The molecule has 0 bridgehead atoms. The van der Waals surface area contributed by atoms with E-state index in [1.165, 1.54) is 0 Å². The Balaban J connectivity index is 1.99. The van der Waals surface area contributed by atoms with Gasteiger partial charge in [-0.1, -0.05) is 54.6 Å². The summed E-state index contributed by atoms with van der Waals surface area (Å²) in [5, 5.41) is -1.45. The van der Waals surface area contributed by atoms with Gasteiger partial charge in [-0.15, -0.1) is 0 Å². The van der Waals surface area contributed by atoms with Crippen LogP contribution in [0.5, 0.6) is 0 Å². The average Bonchev–Trinajstić information content (AvgIpc) is 2.68. The third-order valence-electron chi connectivity index (χ3n) is 3.33. The summed E-state index contributed by atoms with van der Waals surface area (Å²) < 4.78 is 25.3. The van der Waals surface area contributed by atoms with Gasteiger partial charge in [0.15, 0.2) is 5.25 Å². The molecule has 1 heterocycles. The van der Waals surface area contributed by atoms with Gasteiger partial charge in [-0.05, 0) is 16.7 Å². The van der Waals surface area contributed by atoms with Crippen molar-refractivity contribution in [2.24, 2.45) is 0 Å². The quantitative estimate of drug-likeness (QED) is 0.851. The fourth-order valence-corrected chi connectivity index (χ4v) is 3.69. The molecule has 1 aliphatic heterocycles. The summed E-state index contributed by atoms with van der Waals surface area (Å²) in [6.45, 7) is 0. The van der Waals surface area contributed by atoms with E-state index in [0.717, 1.165) is 11.1 Å². The fraction of sp³-hybridized carbons (Fsp3) is 0.0667. The van der Waals surface area contributed by atoms with Gasteiger partial charge in [-0.3, -0.25) is 9.59 Å². The molecule has 1 aliphatic rings. The topological polar surface area (TPSA) is 80.3 Å². The highest BCUT2D eigenvalue weighted by atomic mass is 32.2. The van der Waals surface area contributed by atoms with Crippen molar-refractivity contribution in [3.05, 3.63) is 60.2 Å². The van der Waals surface area contributed by atoms with Crippen LogP contribution in [0, 0.1) is 0 Å². The van der Waals surface area contributed by atoms with Gasteiger partial charge in [0.25, 0.3) is 0 Å². The monoisotopic (exact) mass is 301 g/mol. The standard InChI is InChI=1S/C15H11NO4S/c17-13-14(21(19,20)16-15(13)18)12-8-6-11(7-9-12)10-4-2-1-3-5-10/h1-9,14H,(H,16,18). The van der Waals surface area contributed by atoms with E-state index in [9.17, 15) is 18.0 Å². The average molecular weight is 301 g/mol. The van der Waals surface area contributed by atoms with Crippen LogP contribution in [0.25, 0.3) is 11.1 Å². The zero-order valence-corrected chi connectivity index (χ0v) is 11.6. The lowest BCUT2D eigenvalue weighted by Crippen LogP contribution is -2.22. The summed E-state index contributed by atoms with van der Waals surface area (Å²) >= 11 is 0. The van der Waals surface area contributed by atoms with Crippen LogP contribution in [0.15, 0.2) is 54.6 Å². The second kappa shape index (κ2) is 4.82. The first-order valence-corrected chi connectivity index (χ1v) is 7.79. The van der Waals surface area contributed by atoms with E-state index in [1.54, 1.807) is 29.0 Å². The van der Waals surface area contributed by atoms with Gasteiger partial charge in [0.2, 0.25) is 15.8 Å². The number of amides is 1. The Bertz CT molecular complexity index is 811. The largest absolute Gasteiger partial charge is 0.302 e. The lowest BCUT2D eigenvalue weighted by Gasteiger charge is -2.08. The zero-order chi connectivity index (χ0) is 15.0. The highest BCUT2D eigenvalue weighted by molar-refractivity contribution is 7.92. The second-order valence-corrected chi connectivity index (χ2v) is 6.47. The summed E-state index contributed by atoms with van der Waals surface area (Å²) in [5.74, 6) is -2.02. The lowest BCUT2D eigenvalue weighted by molar-refractivity contribution is -0.135. The third-order valence-corrected chi connectivity index (χ3v) is 4.90. The molecule has 6 heteroatoms. The van der Waals surface area contributed by atoms with E-state index in [1.807, 2.05) is 30.3 Å². The minimum absolute atomic E-state index is 0.290. The molecule has 5 nitrogen and oxygen atoms in total. The van der Waals surface area contributed by atoms with Crippen molar-refractivity contribution < 1.29 is 18.0 Å². The number of hydrogen-bond acceptors (Lipinski definition) is 4. The normalized spacial score (nSPS) is 20.3. The van der Waals surface area contributed by atoms with Crippen LogP contribution in [0.2, 0.25) is 0 Å². The Morgan fingerprint density at radius 1 is 0.810 bits per heavy atom. The van der Waals surface area contributed by atoms with E-state index in [4.69, 9.17) is 0 Å². The maximum atomic E-state index is 11.8. The molecule has 1 saturated heterocycles. The Morgan fingerprint density at radius 2 is 1.38 bits per heavy atom. The summed E-state index contributed by atoms with van der Waals surface area (Å²) in [6, 6.07) is 16.1. The number of benzene rings is 2. The fourth-order valence-electron chi connectivity index (χ4n) is 2.31. The summed E-state index contributed by atoms with van der Waals surface area (Å²) in [7, 11) is -3.97. The van der Waals surface area contributed by atoms with E-state index >= 15 is 0 Å². The smallest absolute Gasteiger partial charge is 0.287 e. The lowest BCUT2D eigenvalue weighted by atomic mass is 10.0. The summed E-state index contributed by atoms with van der Waals surface area (Å²) in [4.78, 5) is 22.9. The first-order valence-electron chi connectivity index (χ1n) is 6.24. The van der Waals surface area contributed by atoms with Gasteiger partial charge in [0, 0.05) is 0 Å². The van der Waals surface area contributed by atoms with Gasteiger partial charge in [0.1, 0.15) is 0 Å². The maximum Gasteiger partial charge on any atom is 0.302 e. The molecule has 0 aromatic heterocycles. The van der Waals surface area contributed by atoms with Crippen LogP contribution >= 0.6 is 0 Å². The molecule has 21 heavy (non-hydrogen) atoms. The molecule has 106 valence electrons. The number of hydrogen-bond donors (Lipinski definition) is 1. The summed E-state index contributed by atoms with van der Waals surface area (Å²) in [6.07, 6.45) is 0. The van der Waals surface area contributed by atoms with Gasteiger partial charge in [-0.2, -0.15) is 0 Å². The SMILES string of the molecule is O=C1NS(=O)(=O)C(c2ccc(-c3ccccc3)cc2)C1=O. The molecule has 1 atom stereocenters. The molecule has 0 aliphatic carbocycles. The van der Waals surface area contributed by atoms with Crippen molar-refractivity contribution in [1.29, 1.82) is 0 Å². The first-order chi connectivity index (χ1) is 9.99. The van der Waals surface area contributed by atoms with E-state index < -0.39 is 27.0 Å². The van der Waals surface area contributed by atoms with Crippen molar-refractivity contribution in [1.82, 2.24) is 4.72 Å². The number of Topliss-reactive ketones (excluding diaryl/α,β-unsaturated/α-hetero) is 1. The molecule has 1 fully saturated rings. The van der Waals surface area contributed by atoms with Gasteiger partial charge in [0.05, 0.1) is 0 Å². The minimum Gasteiger partial charge on any atom is -0.287 e. The number of carbonyl (C=O) groups excluding carboxylic acids is 2. The van der Waals surface area contributed by atoms with Crippen LogP contribution in [0.3, 0.4) is 0 Å². The third kappa shape index (κ3) is 2.34. The molecule has 0 radical (unpaired) electrons. The van der Waals surface area contributed by atoms with Crippen LogP contribution in [0.1, 0.15) is 10.8 Å². The van der Waals surface area contributed by atoms with Crippen molar-refractivity contribution in [2.45, 2.75) is 5.25 Å². The van der Waals surface area contributed by atoms with E-state index in [2.05, 4.69) is 0 Å². The van der Waals surface area contributed by atoms with E-state index in [0.29, 0.717) is 0 Å². The van der Waals surface area contributed by atoms with Gasteiger partial charge >= 0.3 is 5.91 Å². The molecule has 0 spiro atoms. The molecule has 0 saturated carbocycles. The maximum absolute atomic E-state index is 11.8. The molecule has 3 rings (SSSR count). The van der Waals surface area contributed by atoms with Crippen molar-refractivity contribution >= 4 is 21.7 Å². The molecular formula is C15H11NO4S. The molecule has 1 unspecified atom stereocenters. The minimum atomic E-state index is -3.97. The number of nitrogens with one attached hydrogen (secondary N) is 1. The van der Waals surface area contributed by atoms with E-state index in [-0.39, 0.29) is 5.56 Å². The Hall–Kier alpha value is -2.47. The Morgan fingerprint density at radius 3 is 1.90 bits per heavy atom. The van der Waals surface area contributed by atoms with Crippen molar-refractivity contribution in [2.75, 3.05) is 0 Å². The number of sulfonamides is 1. The Kier molecular flexibility index (Phi) is 3.10. The molecular weight excluding hydrogens is 290 g/mol. The first kappa shape index (κ1) is 13.5. The molecule has 1 N–H and O–H groups in total. The Labute approximate surface area is 121 Å². The molecule has 2 aromatic rings. The summed E-state index contributed by atoms with van der Waals surface area (Å²) in [5.41, 5.74) is 2.18. The van der Waals surface area contributed by atoms with Crippen LogP contribution < -0.4 is 4.72 Å². The highest BCUT2D eigenvalue weighted by Gasteiger charge is 2.46. The van der Waals surface area contributed by atoms with Gasteiger partial charge in [-0.25, -0.2) is 13.1 Å². The predicted molar refractivity (Wildman–Crippen MR) is 76.7 cm³/mol. The van der Waals surface area contributed by atoms with Crippen molar-refractivity contribution in [3.8, 4) is 11.1 Å². The second-order valence-electron chi connectivity index (χ2n) is 4.71.